The second-order valence-corrected chi connectivity index (χ2v) is 3.93. The number of nitrogens with one attached hydrogen (secondary N) is 1. The van der Waals surface area contributed by atoms with Crippen LogP contribution < -0.4 is 5.32 Å². The summed E-state index contributed by atoms with van der Waals surface area (Å²) < 4.78 is 0. The van der Waals surface area contributed by atoms with E-state index in [2.05, 4.69) is 43.2 Å². The molecule has 1 aromatic heterocycles. The second kappa shape index (κ2) is 6.36. The van der Waals surface area contributed by atoms with Crippen molar-refractivity contribution in [3.05, 3.63) is 41.7 Å². The van der Waals surface area contributed by atoms with Gasteiger partial charge < -0.3 is 5.32 Å². The molecule has 1 heterocycles. The van der Waals surface area contributed by atoms with Crippen LogP contribution in [0.3, 0.4) is 0 Å². The Balaban J connectivity index is 2.77. The van der Waals surface area contributed by atoms with Crippen LogP contribution in [0.2, 0.25) is 0 Å². The molecule has 1 unspecified atom stereocenters. The van der Waals surface area contributed by atoms with Crippen molar-refractivity contribution in [3.8, 4) is 0 Å². The minimum atomic E-state index is 0.246. The maximum absolute atomic E-state index is 4.38. The van der Waals surface area contributed by atoms with Gasteiger partial charge >= 0.3 is 0 Å². The normalized spacial score (nSPS) is 12.2. The van der Waals surface area contributed by atoms with Crippen LogP contribution in [0.4, 0.5) is 0 Å². The summed E-state index contributed by atoms with van der Waals surface area (Å²) in [5.74, 6) is 0. The molecule has 0 aliphatic carbocycles. The first kappa shape index (κ1) is 11.9. The number of hydrogen-bond acceptors (Lipinski definition) is 2. The molecule has 1 aromatic rings. The summed E-state index contributed by atoms with van der Waals surface area (Å²) in [6.45, 7) is 7.42. The van der Waals surface area contributed by atoms with Gasteiger partial charge in [-0.05, 0) is 38.9 Å². The van der Waals surface area contributed by atoms with Gasteiger partial charge in [0.1, 0.15) is 0 Å². The lowest BCUT2D eigenvalue weighted by Gasteiger charge is -2.14. The lowest BCUT2D eigenvalue weighted by atomic mass is 10.1. The predicted molar refractivity (Wildman–Crippen MR) is 64.7 cm³/mol. The van der Waals surface area contributed by atoms with Gasteiger partial charge in [0.15, 0.2) is 0 Å². The molecule has 0 amide bonds. The Morgan fingerprint density at radius 1 is 1.47 bits per heavy atom. The van der Waals surface area contributed by atoms with E-state index in [1.165, 1.54) is 5.57 Å². The number of nitrogens with zero attached hydrogens (tertiary/aromatic N) is 1. The molecule has 1 atom stereocenters. The van der Waals surface area contributed by atoms with E-state index in [0.717, 1.165) is 18.7 Å². The number of rotatable bonds is 5. The van der Waals surface area contributed by atoms with E-state index >= 15 is 0 Å². The molecule has 0 spiro atoms. The highest BCUT2D eigenvalue weighted by molar-refractivity contribution is 5.16. The molecule has 0 bridgehead atoms. The van der Waals surface area contributed by atoms with Crippen LogP contribution in [0, 0.1) is 0 Å². The molecule has 2 nitrogen and oxygen atoms in total. The zero-order chi connectivity index (χ0) is 11.1. The Bertz CT molecular complexity index is 300. The van der Waals surface area contributed by atoms with Gasteiger partial charge in [-0.15, -0.1) is 0 Å². The van der Waals surface area contributed by atoms with E-state index in [9.17, 15) is 0 Å². The van der Waals surface area contributed by atoms with Gasteiger partial charge in [0.2, 0.25) is 0 Å². The van der Waals surface area contributed by atoms with Crippen LogP contribution in [0.15, 0.2) is 36.0 Å². The standard InChI is InChI=1S/C13H20N2/c1-4-8-14-13(10-11(2)3)12-7-5-6-9-15-12/h5-7,9-10,13-14H,4,8H2,1-3H3. The van der Waals surface area contributed by atoms with Gasteiger partial charge in [-0.25, -0.2) is 0 Å². The topological polar surface area (TPSA) is 24.9 Å². The van der Waals surface area contributed by atoms with Gasteiger partial charge in [0.25, 0.3) is 0 Å². The van der Waals surface area contributed by atoms with Crippen molar-refractivity contribution in [1.82, 2.24) is 10.3 Å². The summed E-state index contributed by atoms with van der Waals surface area (Å²) in [4.78, 5) is 4.38. The predicted octanol–water partition coefficient (Wildman–Crippen LogP) is 3.09. The fourth-order valence-corrected chi connectivity index (χ4v) is 1.44. The Hall–Kier alpha value is -1.15. The SMILES string of the molecule is CCCNC(C=C(C)C)c1ccccn1. The summed E-state index contributed by atoms with van der Waals surface area (Å²) >= 11 is 0. The molecule has 82 valence electrons. The molecule has 15 heavy (non-hydrogen) atoms. The second-order valence-electron chi connectivity index (χ2n) is 3.93. The van der Waals surface area contributed by atoms with Gasteiger partial charge in [-0.2, -0.15) is 0 Å². The summed E-state index contributed by atoms with van der Waals surface area (Å²) in [6.07, 6.45) is 5.20. The van der Waals surface area contributed by atoms with E-state index in [1.807, 2.05) is 18.3 Å². The van der Waals surface area contributed by atoms with Crippen molar-refractivity contribution in [1.29, 1.82) is 0 Å². The van der Waals surface area contributed by atoms with Crippen molar-refractivity contribution in [2.45, 2.75) is 33.2 Å². The zero-order valence-electron chi connectivity index (χ0n) is 9.83. The average molecular weight is 204 g/mol. The Morgan fingerprint density at radius 3 is 2.80 bits per heavy atom. The third kappa shape index (κ3) is 4.26. The van der Waals surface area contributed by atoms with E-state index < -0.39 is 0 Å². The van der Waals surface area contributed by atoms with Crippen LogP contribution >= 0.6 is 0 Å². The number of hydrogen-bond donors (Lipinski definition) is 1. The molecule has 0 fully saturated rings. The summed E-state index contributed by atoms with van der Waals surface area (Å²) in [7, 11) is 0. The molecular weight excluding hydrogens is 184 g/mol. The van der Waals surface area contributed by atoms with Crippen molar-refractivity contribution in [2.75, 3.05) is 6.54 Å². The first-order valence-corrected chi connectivity index (χ1v) is 5.53. The molecule has 0 saturated carbocycles. The number of aromatic nitrogens is 1. The molecule has 1 rings (SSSR count). The highest BCUT2D eigenvalue weighted by atomic mass is 14.9. The smallest absolute Gasteiger partial charge is 0.0683 e. The Labute approximate surface area is 92.4 Å². The van der Waals surface area contributed by atoms with Gasteiger partial charge in [-0.1, -0.05) is 24.6 Å². The molecule has 1 N–H and O–H groups in total. The van der Waals surface area contributed by atoms with Gasteiger partial charge in [0, 0.05) is 6.20 Å². The first-order chi connectivity index (χ1) is 7.24. The van der Waals surface area contributed by atoms with Crippen LogP contribution in [-0.4, -0.2) is 11.5 Å². The van der Waals surface area contributed by atoms with E-state index in [4.69, 9.17) is 0 Å². The maximum atomic E-state index is 4.38. The first-order valence-electron chi connectivity index (χ1n) is 5.53. The quantitative estimate of drug-likeness (QED) is 0.745. The highest BCUT2D eigenvalue weighted by Gasteiger charge is 2.07. The lowest BCUT2D eigenvalue weighted by Crippen LogP contribution is -2.21. The molecule has 0 radical (unpaired) electrons. The van der Waals surface area contributed by atoms with Crippen molar-refractivity contribution < 1.29 is 0 Å². The average Bonchev–Trinajstić information content (AvgIpc) is 2.25. The van der Waals surface area contributed by atoms with Gasteiger partial charge in [0.05, 0.1) is 11.7 Å². The van der Waals surface area contributed by atoms with Crippen molar-refractivity contribution >= 4 is 0 Å². The molecule has 0 aliphatic heterocycles. The third-order valence-electron chi connectivity index (χ3n) is 2.12. The number of pyridine rings is 1. The molecule has 2 heteroatoms. The number of allylic oxidation sites excluding steroid dienone is 1. The monoisotopic (exact) mass is 204 g/mol. The minimum absolute atomic E-state index is 0.246. The summed E-state index contributed by atoms with van der Waals surface area (Å²) in [5, 5.41) is 3.48. The minimum Gasteiger partial charge on any atom is -0.305 e. The summed E-state index contributed by atoms with van der Waals surface area (Å²) in [6, 6.07) is 6.29. The van der Waals surface area contributed by atoms with Crippen LogP contribution in [0.5, 0.6) is 0 Å². The molecule has 0 aliphatic rings. The van der Waals surface area contributed by atoms with Crippen molar-refractivity contribution in [3.63, 3.8) is 0 Å². The molecule has 0 saturated heterocycles. The molecular formula is C13H20N2. The fourth-order valence-electron chi connectivity index (χ4n) is 1.44. The van der Waals surface area contributed by atoms with E-state index in [0.29, 0.717) is 0 Å². The van der Waals surface area contributed by atoms with Gasteiger partial charge in [-0.3, -0.25) is 4.98 Å². The molecule has 0 aromatic carbocycles. The zero-order valence-corrected chi connectivity index (χ0v) is 9.83. The third-order valence-corrected chi connectivity index (χ3v) is 2.12. The fraction of sp³-hybridized carbons (Fsp3) is 0.462. The highest BCUT2D eigenvalue weighted by Crippen LogP contribution is 2.13. The lowest BCUT2D eigenvalue weighted by molar-refractivity contribution is 0.598. The van der Waals surface area contributed by atoms with Crippen LogP contribution in [0.25, 0.3) is 0 Å². The Kier molecular flexibility index (Phi) is 5.05. The van der Waals surface area contributed by atoms with Crippen LogP contribution in [0.1, 0.15) is 38.9 Å². The van der Waals surface area contributed by atoms with E-state index in [-0.39, 0.29) is 6.04 Å². The van der Waals surface area contributed by atoms with Crippen LogP contribution in [-0.2, 0) is 0 Å². The van der Waals surface area contributed by atoms with Crippen molar-refractivity contribution in [2.24, 2.45) is 0 Å². The van der Waals surface area contributed by atoms with E-state index in [1.54, 1.807) is 0 Å². The summed E-state index contributed by atoms with van der Waals surface area (Å²) in [5.41, 5.74) is 2.40. The maximum Gasteiger partial charge on any atom is 0.0683 e. The largest absolute Gasteiger partial charge is 0.305 e. The Morgan fingerprint density at radius 2 is 2.27 bits per heavy atom.